The van der Waals surface area contributed by atoms with Crippen LogP contribution in [0.5, 0.6) is 5.75 Å². The van der Waals surface area contributed by atoms with Gasteiger partial charge in [0.05, 0.1) is 18.5 Å². The first-order valence-electron chi connectivity index (χ1n) is 6.05. The van der Waals surface area contributed by atoms with Crippen LogP contribution in [-0.4, -0.2) is 19.7 Å². The normalized spacial score (nSPS) is 23.7. The fraction of sp³-hybridized carbons (Fsp3) is 0.538. The number of benzene rings is 1. The molecule has 16 heavy (non-hydrogen) atoms. The van der Waals surface area contributed by atoms with Gasteiger partial charge in [0.1, 0.15) is 5.75 Å². The van der Waals surface area contributed by atoms with Gasteiger partial charge in [0.2, 0.25) is 0 Å². The predicted octanol–water partition coefficient (Wildman–Crippen LogP) is 2.70. The Bertz CT molecular complexity index is 388. The summed E-state index contributed by atoms with van der Waals surface area (Å²) in [4.78, 5) is 0. The van der Waals surface area contributed by atoms with E-state index in [4.69, 9.17) is 4.74 Å². The predicted molar refractivity (Wildman–Crippen MR) is 66.2 cm³/mol. The molecule has 1 atom stereocenters. The molecule has 0 aromatic heterocycles. The molecule has 86 valence electrons. The zero-order valence-electron chi connectivity index (χ0n) is 9.62. The van der Waals surface area contributed by atoms with Gasteiger partial charge < -0.3 is 15.4 Å². The van der Waals surface area contributed by atoms with Crippen molar-refractivity contribution < 1.29 is 4.74 Å². The summed E-state index contributed by atoms with van der Waals surface area (Å²) >= 11 is 0. The molecule has 1 heterocycles. The largest absolute Gasteiger partial charge is 0.497 e. The highest BCUT2D eigenvalue weighted by atomic mass is 16.5. The van der Waals surface area contributed by atoms with Crippen molar-refractivity contribution >= 4 is 11.4 Å². The van der Waals surface area contributed by atoms with E-state index < -0.39 is 0 Å². The van der Waals surface area contributed by atoms with Gasteiger partial charge in [-0.1, -0.05) is 0 Å². The molecule has 3 heteroatoms. The maximum atomic E-state index is 5.24. The van der Waals surface area contributed by atoms with Crippen LogP contribution in [0.25, 0.3) is 0 Å². The van der Waals surface area contributed by atoms with E-state index in [0.29, 0.717) is 6.04 Å². The molecule has 1 aliphatic heterocycles. The molecule has 1 fully saturated rings. The van der Waals surface area contributed by atoms with Gasteiger partial charge in [-0.05, 0) is 37.3 Å². The minimum absolute atomic E-state index is 0.655. The molecule has 3 nitrogen and oxygen atoms in total. The molecule has 0 bridgehead atoms. The van der Waals surface area contributed by atoms with Crippen LogP contribution in [-0.2, 0) is 0 Å². The molecule has 1 aliphatic carbocycles. The summed E-state index contributed by atoms with van der Waals surface area (Å²) < 4.78 is 5.24. The van der Waals surface area contributed by atoms with Crippen LogP contribution in [0.4, 0.5) is 11.4 Å². The molecular formula is C13H18N2O. The summed E-state index contributed by atoms with van der Waals surface area (Å²) in [6, 6.07) is 6.85. The second-order valence-electron chi connectivity index (χ2n) is 4.72. The summed E-state index contributed by atoms with van der Waals surface area (Å²) in [5.41, 5.74) is 2.39. The SMILES string of the molecule is COc1ccc2c(c1)NCCC(C1CC1)N2. The fourth-order valence-electron chi connectivity index (χ4n) is 2.41. The summed E-state index contributed by atoms with van der Waals surface area (Å²) in [7, 11) is 1.71. The number of hydrogen-bond donors (Lipinski definition) is 2. The Morgan fingerprint density at radius 2 is 2.06 bits per heavy atom. The number of anilines is 2. The van der Waals surface area contributed by atoms with Crippen LogP contribution < -0.4 is 15.4 Å². The highest BCUT2D eigenvalue weighted by Crippen LogP contribution is 2.38. The molecule has 0 amide bonds. The van der Waals surface area contributed by atoms with Gasteiger partial charge in [-0.2, -0.15) is 0 Å². The molecule has 2 N–H and O–H groups in total. The lowest BCUT2D eigenvalue weighted by atomic mass is 10.1. The zero-order chi connectivity index (χ0) is 11.0. The average Bonchev–Trinajstić information content (AvgIpc) is 3.13. The second kappa shape index (κ2) is 3.89. The van der Waals surface area contributed by atoms with Crippen molar-refractivity contribution in [3.63, 3.8) is 0 Å². The monoisotopic (exact) mass is 218 g/mol. The summed E-state index contributed by atoms with van der Waals surface area (Å²) in [5, 5.41) is 7.12. The Balaban J connectivity index is 1.85. The van der Waals surface area contributed by atoms with E-state index in [-0.39, 0.29) is 0 Å². The minimum Gasteiger partial charge on any atom is -0.497 e. The van der Waals surface area contributed by atoms with Crippen molar-refractivity contribution in [3.8, 4) is 5.75 Å². The van der Waals surface area contributed by atoms with Gasteiger partial charge >= 0.3 is 0 Å². The molecule has 0 saturated heterocycles. The van der Waals surface area contributed by atoms with Gasteiger partial charge in [0, 0.05) is 18.7 Å². The summed E-state index contributed by atoms with van der Waals surface area (Å²) in [5.74, 6) is 1.81. The van der Waals surface area contributed by atoms with Crippen LogP contribution in [0.15, 0.2) is 18.2 Å². The van der Waals surface area contributed by atoms with Crippen LogP contribution in [0, 0.1) is 5.92 Å². The number of fused-ring (bicyclic) bond motifs is 1. The average molecular weight is 218 g/mol. The lowest BCUT2D eigenvalue weighted by Crippen LogP contribution is -2.21. The maximum absolute atomic E-state index is 5.24. The van der Waals surface area contributed by atoms with Crippen LogP contribution >= 0.6 is 0 Å². The van der Waals surface area contributed by atoms with E-state index in [1.165, 1.54) is 30.6 Å². The van der Waals surface area contributed by atoms with Crippen molar-refractivity contribution in [2.45, 2.75) is 25.3 Å². The van der Waals surface area contributed by atoms with Gasteiger partial charge in [-0.25, -0.2) is 0 Å². The topological polar surface area (TPSA) is 33.3 Å². The van der Waals surface area contributed by atoms with E-state index in [0.717, 1.165) is 18.2 Å². The van der Waals surface area contributed by atoms with Gasteiger partial charge in [0.25, 0.3) is 0 Å². The van der Waals surface area contributed by atoms with E-state index >= 15 is 0 Å². The Kier molecular flexibility index (Phi) is 2.39. The standard InChI is InChI=1S/C13H18N2O/c1-16-10-4-5-12-13(8-10)14-7-6-11(15-12)9-2-3-9/h4-5,8-9,11,14-15H,2-3,6-7H2,1H3. The molecule has 0 spiro atoms. The van der Waals surface area contributed by atoms with Gasteiger partial charge in [0.15, 0.2) is 0 Å². The summed E-state index contributed by atoms with van der Waals surface area (Å²) in [6.45, 7) is 1.05. The molecule has 1 saturated carbocycles. The van der Waals surface area contributed by atoms with E-state index in [1.54, 1.807) is 7.11 Å². The smallest absolute Gasteiger partial charge is 0.121 e. The quantitative estimate of drug-likeness (QED) is 0.800. The number of hydrogen-bond acceptors (Lipinski definition) is 3. The maximum Gasteiger partial charge on any atom is 0.121 e. The van der Waals surface area contributed by atoms with Crippen molar-refractivity contribution in [2.75, 3.05) is 24.3 Å². The third kappa shape index (κ3) is 1.82. The van der Waals surface area contributed by atoms with Crippen LogP contribution in [0.2, 0.25) is 0 Å². The third-order valence-corrected chi connectivity index (χ3v) is 3.53. The lowest BCUT2D eigenvalue weighted by Gasteiger charge is -2.16. The van der Waals surface area contributed by atoms with E-state index in [1.807, 2.05) is 6.07 Å². The minimum atomic E-state index is 0.655. The fourth-order valence-corrected chi connectivity index (χ4v) is 2.41. The molecule has 1 unspecified atom stereocenters. The Morgan fingerprint density at radius 3 is 2.81 bits per heavy atom. The number of rotatable bonds is 2. The van der Waals surface area contributed by atoms with Gasteiger partial charge in [-0.15, -0.1) is 0 Å². The third-order valence-electron chi connectivity index (χ3n) is 3.53. The Labute approximate surface area is 96.2 Å². The Morgan fingerprint density at radius 1 is 1.19 bits per heavy atom. The molecule has 1 aromatic rings. The van der Waals surface area contributed by atoms with Gasteiger partial charge in [-0.3, -0.25) is 0 Å². The van der Waals surface area contributed by atoms with Crippen molar-refractivity contribution in [3.05, 3.63) is 18.2 Å². The van der Waals surface area contributed by atoms with Crippen LogP contribution in [0.1, 0.15) is 19.3 Å². The summed E-state index contributed by atoms with van der Waals surface area (Å²) in [6.07, 6.45) is 3.99. The Hall–Kier alpha value is -1.38. The highest BCUT2D eigenvalue weighted by molar-refractivity contribution is 5.71. The molecule has 1 aromatic carbocycles. The molecule has 3 rings (SSSR count). The van der Waals surface area contributed by atoms with Crippen LogP contribution in [0.3, 0.4) is 0 Å². The van der Waals surface area contributed by atoms with Crippen molar-refractivity contribution in [2.24, 2.45) is 5.92 Å². The zero-order valence-corrected chi connectivity index (χ0v) is 9.62. The van der Waals surface area contributed by atoms with Crippen molar-refractivity contribution in [1.29, 1.82) is 0 Å². The first kappa shape index (κ1) is 9.82. The first-order chi connectivity index (χ1) is 7.86. The number of nitrogens with one attached hydrogen (secondary N) is 2. The molecule has 2 aliphatic rings. The molecule has 0 radical (unpaired) electrons. The lowest BCUT2D eigenvalue weighted by molar-refractivity contribution is 0.415. The first-order valence-corrected chi connectivity index (χ1v) is 6.05. The number of ether oxygens (including phenoxy) is 1. The molecular weight excluding hydrogens is 200 g/mol. The number of methoxy groups -OCH3 is 1. The van der Waals surface area contributed by atoms with E-state index in [2.05, 4.69) is 22.8 Å². The van der Waals surface area contributed by atoms with E-state index in [9.17, 15) is 0 Å². The second-order valence-corrected chi connectivity index (χ2v) is 4.72. The van der Waals surface area contributed by atoms with Crippen molar-refractivity contribution in [1.82, 2.24) is 0 Å². The highest BCUT2D eigenvalue weighted by Gasteiger charge is 2.32.